The Morgan fingerprint density at radius 3 is 2.62 bits per heavy atom. The molecule has 1 aromatic heterocycles. The van der Waals surface area contributed by atoms with Crippen molar-refractivity contribution in [2.75, 3.05) is 0 Å². The Balaban J connectivity index is 2.34. The fraction of sp³-hybridized carbons (Fsp3) is 0.211. The maximum atomic E-state index is 11.5. The fourth-order valence-corrected chi connectivity index (χ4v) is 2.76. The molecule has 0 aliphatic heterocycles. The molecule has 0 fully saturated rings. The van der Waals surface area contributed by atoms with Gasteiger partial charge in [0, 0.05) is 16.7 Å². The predicted octanol–water partition coefficient (Wildman–Crippen LogP) is 4.73. The summed E-state index contributed by atoms with van der Waals surface area (Å²) in [7, 11) is 0. The van der Waals surface area contributed by atoms with E-state index in [0.29, 0.717) is 11.5 Å². The highest BCUT2D eigenvalue weighted by Crippen LogP contribution is 2.39. The Morgan fingerprint density at radius 2 is 1.90 bits per heavy atom. The summed E-state index contributed by atoms with van der Waals surface area (Å²) >= 11 is 0. The predicted molar refractivity (Wildman–Crippen MR) is 85.5 cm³/mol. The van der Waals surface area contributed by atoms with Crippen LogP contribution in [0.25, 0.3) is 11.6 Å². The zero-order chi connectivity index (χ0) is 15.0. The Morgan fingerprint density at radius 1 is 1.10 bits per heavy atom. The molecule has 0 N–H and O–H groups in total. The van der Waals surface area contributed by atoms with Crippen LogP contribution in [0.5, 0.6) is 0 Å². The van der Waals surface area contributed by atoms with Crippen LogP contribution in [0.1, 0.15) is 31.9 Å². The second-order valence-electron chi connectivity index (χ2n) is 5.75. The van der Waals surface area contributed by atoms with Gasteiger partial charge in [0.25, 0.3) is 0 Å². The van der Waals surface area contributed by atoms with Crippen LogP contribution in [0.4, 0.5) is 0 Å². The first-order valence-electron chi connectivity index (χ1n) is 7.17. The lowest BCUT2D eigenvalue weighted by Gasteiger charge is -2.11. The highest BCUT2D eigenvalue weighted by molar-refractivity contribution is 5.99. The van der Waals surface area contributed by atoms with E-state index in [1.165, 1.54) is 5.57 Å². The molecule has 0 saturated carbocycles. The maximum absolute atomic E-state index is 11.5. The molecule has 2 aliphatic carbocycles. The standard InChI is InChI=1S/C19H18O2/c1-12(2)14-5-4-13(3)19-17(8-14)15(9-20)6-7-16-10-21-11-18(16)19/h4-12H,1-3H3. The van der Waals surface area contributed by atoms with Crippen molar-refractivity contribution in [3.8, 4) is 0 Å². The molecule has 0 amide bonds. The number of fused-ring (bicyclic) bond motifs is 3. The third-order valence-corrected chi connectivity index (χ3v) is 4.01. The van der Waals surface area contributed by atoms with E-state index in [1.807, 2.05) is 12.2 Å². The van der Waals surface area contributed by atoms with Crippen LogP contribution >= 0.6 is 0 Å². The molecule has 1 heterocycles. The van der Waals surface area contributed by atoms with E-state index in [0.717, 1.165) is 34.1 Å². The molecule has 21 heavy (non-hydrogen) atoms. The van der Waals surface area contributed by atoms with E-state index in [-0.39, 0.29) is 0 Å². The van der Waals surface area contributed by atoms with E-state index in [2.05, 4.69) is 39.0 Å². The number of carbonyl (C=O) groups is 1. The van der Waals surface area contributed by atoms with Gasteiger partial charge in [-0.05, 0) is 35.1 Å². The highest BCUT2D eigenvalue weighted by atomic mass is 16.3. The van der Waals surface area contributed by atoms with Crippen molar-refractivity contribution in [2.24, 2.45) is 5.92 Å². The smallest absolute Gasteiger partial charge is 0.150 e. The highest BCUT2D eigenvalue weighted by Gasteiger charge is 2.21. The average molecular weight is 278 g/mol. The topological polar surface area (TPSA) is 30.2 Å². The van der Waals surface area contributed by atoms with Gasteiger partial charge in [-0.3, -0.25) is 4.79 Å². The Bertz CT molecular complexity index is 746. The van der Waals surface area contributed by atoms with Crippen molar-refractivity contribution >= 4 is 17.9 Å². The molecule has 2 aliphatic rings. The van der Waals surface area contributed by atoms with Crippen molar-refractivity contribution in [1.29, 1.82) is 0 Å². The molecule has 0 aromatic carbocycles. The molecule has 106 valence electrons. The number of rotatable bonds is 2. The minimum Gasteiger partial charge on any atom is -0.471 e. The number of hydrogen-bond acceptors (Lipinski definition) is 2. The first kappa shape index (κ1) is 13.6. The molecule has 1 aromatic rings. The molecule has 0 bridgehead atoms. The van der Waals surface area contributed by atoms with Crippen LogP contribution in [0.15, 0.2) is 63.5 Å². The Labute approximate surface area is 124 Å². The van der Waals surface area contributed by atoms with Gasteiger partial charge >= 0.3 is 0 Å². The zero-order valence-electron chi connectivity index (χ0n) is 12.5. The van der Waals surface area contributed by atoms with E-state index in [9.17, 15) is 4.79 Å². The summed E-state index contributed by atoms with van der Waals surface area (Å²) < 4.78 is 5.36. The van der Waals surface area contributed by atoms with Crippen LogP contribution < -0.4 is 0 Å². The van der Waals surface area contributed by atoms with Gasteiger partial charge in [0.05, 0.1) is 12.5 Å². The van der Waals surface area contributed by atoms with Crippen molar-refractivity contribution in [1.82, 2.24) is 0 Å². The molecule has 0 unspecified atom stereocenters. The monoisotopic (exact) mass is 278 g/mol. The van der Waals surface area contributed by atoms with Gasteiger partial charge in [0.1, 0.15) is 0 Å². The van der Waals surface area contributed by atoms with E-state index in [4.69, 9.17) is 4.42 Å². The first-order valence-corrected chi connectivity index (χ1v) is 7.17. The van der Waals surface area contributed by atoms with Crippen molar-refractivity contribution in [2.45, 2.75) is 20.8 Å². The lowest BCUT2D eigenvalue weighted by molar-refractivity contribution is -0.104. The molecule has 2 heteroatoms. The van der Waals surface area contributed by atoms with Crippen molar-refractivity contribution in [3.63, 3.8) is 0 Å². The summed E-state index contributed by atoms with van der Waals surface area (Å²) in [6.07, 6.45) is 14.6. The quantitative estimate of drug-likeness (QED) is 0.732. The second-order valence-corrected chi connectivity index (χ2v) is 5.75. The van der Waals surface area contributed by atoms with E-state index >= 15 is 0 Å². The van der Waals surface area contributed by atoms with Gasteiger partial charge in [-0.15, -0.1) is 0 Å². The van der Waals surface area contributed by atoms with Gasteiger partial charge in [-0.25, -0.2) is 0 Å². The number of carbonyl (C=O) groups excluding carboxylic acids is 1. The SMILES string of the molecule is CC1=C2C(=C(C=O)C=Cc3cocc32)C=C(C(C)C)C=C1. The molecule has 3 rings (SSSR count). The second kappa shape index (κ2) is 5.21. The summed E-state index contributed by atoms with van der Waals surface area (Å²) in [6, 6.07) is 0. The molecular formula is C19H18O2. The van der Waals surface area contributed by atoms with Crippen LogP contribution in [0.2, 0.25) is 0 Å². The summed E-state index contributed by atoms with van der Waals surface area (Å²) in [4.78, 5) is 11.5. The largest absolute Gasteiger partial charge is 0.471 e. The average Bonchev–Trinajstić information content (AvgIpc) is 2.77. The van der Waals surface area contributed by atoms with Crippen molar-refractivity contribution in [3.05, 3.63) is 70.2 Å². The number of furan rings is 1. The summed E-state index contributed by atoms with van der Waals surface area (Å²) in [5, 5.41) is 0. The fourth-order valence-electron chi connectivity index (χ4n) is 2.76. The van der Waals surface area contributed by atoms with E-state index < -0.39 is 0 Å². The molecule has 0 saturated heterocycles. The molecule has 0 atom stereocenters. The number of aldehydes is 1. The van der Waals surface area contributed by atoms with E-state index in [1.54, 1.807) is 12.5 Å². The minimum atomic E-state index is 0.407. The zero-order valence-corrected chi connectivity index (χ0v) is 12.5. The Hall–Kier alpha value is -2.35. The Kier molecular flexibility index (Phi) is 3.38. The minimum absolute atomic E-state index is 0.407. The van der Waals surface area contributed by atoms with Crippen LogP contribution in [0.3, 0.4) is 0 Å². The third kappa shape index (κ3) is 2.27. The molecule has 2 nitrogen and oxygen atoms in total. The van der Waals surface area contributed by atoms with Crippen LogP contribution in [0, 0.1) is 5.92 Å². The van der Waals surface area contributed by atoms with Crippen LogP contribution in [-0.4, -0.2) is 6.29 Å². The van der Waals surface area contributed by atoms with Gasteiger partial charge < -0.3 is 4.42 Å². The lowest BCUT2D eigenvalue weighted by atomic mass is 9.91. The normalized spacial score (nSPS) is 17.4. The first-order chi connectivity index (χ1) is 10.1. The maximum Gasteiger partial charge on any atom is 0.150 e. The number of allylic oxidation sites excluding steroid dienone is 9. The molecule has 0 radical (unpaired) electrons. The van der Waals surface area contributed by atoms with Crippen LogP contribution in [-0.2, 0) is 4.79 Å². The summed E-state index contributed by atoms with van der Waals surface area (Å²) in [5.74, 6) is 0.407. The molecular weight excluding hydrogens is 260 g/mol. The van der Waals surface area contributed by atoms with Gasteiger partial charge in [0.15, 0.2) is 6.29 Å². The molecule has 0 spiro atoms. The summed E-state index contributed by atoms with van der Waals surface area (Å²) in [5.41, 5.74) is 7.18. The lowest BCUT2D eigenvalue weighted by Crippen LogP contribution is -1.96. The summed E-state index contributed by atoms with van der Waals surface area (Å²) in [6.45, 7) is 6.40. The van der Waals surface area contributed by atoms with Gasteiger partial charge in [0.2, 0.25) is 0 Å². The van der Waals surface area contributed by atoms with Gasteiger partial charge in [-0.1, -0.05) is 44.2 Å². The van der Waals surface area contributed by atoms with Gasteiger partial charge in [-0.2, -0.15) is 0 Å². The number of hydrogen-bond donors (Lipinski definition) is 0. The van der Waals surface area contributed by atoms with Crippen molar-refractivity contribution < 1.29 is 9.21 Å². The third-order valence-electron chi connectivity index (χ3n) is 4.01.